The van der Waals surface area contributed by atoms with Gasteiger partial charge >= 0.3 is 0 Å². The summed E-state index contributed by atoms with van der Waals surface area (Å²) in [6, 6.07) is 0. The van der Waals surface area contributed by atoms with Gasteiger partial charge in [-0.2, -0.15) is 0 Å². The van der Waals surface area contributed by atoms with Gasteiger partial charge in [-0.1, -0.05) is 19.6 Å². The summed E-state index contributed by atoms with van der Waals surface area (Å²) < 4.78 is 4.54. The molecule has 1 atom stereocenters. The van der Waals surface area contributed by atoms with Crippen LogP contribution in [0.2, 0.25) is 0 Å². The molecule has 0 aliphatic heterocycles. The zero-order valence-electron chi connectivity index (χ0n) is 4.96. The van der Waals surface area contributed by atoms with Crippen molar-refractivity contribution in [3.05, 3.63) is 12.7 Å². The van der Waals surface area contributed by atoms with Gasteiger partial charge in [0, 0.05) is 0 Å². The number of carbonyl (C=O) groups excluding carboxylic acids is 1. The maximum atomic E-state index is 9.66. The van der Waals surface area contributed by atoms with Gasteiger partial charge in [0.1, 0.15) is 6.10 Å². The zero-order valence-corrected chi connectivity index (χ0v) is 4.96. The molecule has 0 saturated carbocycles. The van der Waals surface area contributed by atoms with Crippen LogP contribution in [-0.4, -0.2) is 12.6 Å². The molecular weight excluding hydrogens is 104 g/mol. The average molecular weight is 114 g/mol. The summed E-state index contributed by atoms with van der Waals surface area (Å²) >= 11 is 0. The fourth-order valence-electron chi connectivity index (χ4n) is 0.390. The summed E-state index contributed by atoms with van der Waals surface area (Å²) in [5.41, 5.74) is 0. The molecule has 0 aliphatic carbocycles. The second-order valence-electron chi connectivity index (χ2n) is 1.41. The van der Waals surface area contributed by atoms with Crippen molar-refractivity contribution in [1.29, 1.82) is 0 Å². The molecule has 0 aromatic heterocycles. The van der Waals surface area contributed by atoms with E-state index in [4.69, 9.17) is 0 Å². The van der Waals surface area contributed by atoms with Crippen molar-refractivity contribution in [3.63, 3.8) is 0 Å². The van der Waals surface area contributed by atoms with Gasteiger partial charge in [-0.25, -0.2) is 0 Å². The molecule has 0 N–H and O–H groups in total. The number of rotatable bonds is 4. The van der Waals surface area contributed by atoms with Crippen molar-refractivity contribution in [2.45, 2.75) is 19.4 Å². The fraction of sp³-hybridized carbons (Fsp3) is 0.500. The lowest BCUT2D eigenvalue weighted by Gasteiger charge is -2.04. The topological polar surface area (TPSA) is 26.3 Å². The maximum Gasteiger partial charge on any atom is 0.293 e. The van der Waals surface area contributed by atoms with Gasteiger partial charge in [0.2, 0.25) is 0 Å². The van der Waals surface area contributed by atoms with E-state index >= 15 is 0 Å². The van der Waals surface area contributed by atoms with Crippen LogP contribution < -0.4 is 0 Å². The first kappa shape index (κ1) is 7.21. The normalized spacial score (nSPS) is 12.1. The molecule has 8 heavy (non-hydrogen) atoms. The molecule has 46 valence electrons. The van der Waals surface area contributed by atoms with Gasteiger partial charge < -0.3 is 4.74 Å². The highest BCUT2D eigenvalue weighted by molar-refractivity contribution is 5.37. The standard InChI is InChI=1S/C6H10O2/c1-3-6(4-2)8-5-7/h3,5-6H,1,4H2,2H3. The number of ether oxygens (including phenoxy) is 1. The molecular formula is C6H10O2. The molecule has 0 fully saturated rings. The third-order valence-electron chi connectivity index (χ3n) is 0.896. The van der Waals surface area contributed by atoms with Crippen molar-refractivity contribution < 1.29 is 9.53 Å². The predicted molar refractivity (Wildman–Crippen MR) is 31.4 cm³/mol. The Labute approximate surface area is 49.1 Å². The fourth-order valence-corrected chi connectivity index (χ4v) is 0.390. The highest BCUT2D eigenvalue weighted by atomic mass is 16.5. The van der Waals surface area contributed by atoms with Crippen LogP contribution in [0, 0.1) is 0 Å². The Morgan fingerprint density at radius 1 is 1.88 bits per heavy atom. The minimum absolute atomic E-state index is 0.104. The van der Waals surface area contributed by atoms with Crippen LogP contribution in [0.4, 0.5) is 0 Å². The zero-order chi connectivity index (χ0) is 6.41. The van der Waals surface area contributed by atoms with Gasteiger partial charge in [0.25, 0.3) is 6.47 Å². The average Bonchev–Trinajstić information content (AvgIpc) is 1.83. The molecule has 0 aliphatic rings. The van der Waals surface area contributed by atoms with Crippen LogP contribution in [0.3, 0.4) is 0 Å². The Bertz CT molecular complexity index is 78.6. The molecule has 2 nitrogen and oxygen atoms in total. The summed E-state index contributed by atoms with van der Waals surface area (Å²) in [4.78, 5) is 9.66. The van der Waals surface area contributed by atoms with Crippen molar-refractivity contribution in [2.24, 2.45) is 0 Å². The van der Waals surface area contributed by atoms with E-state index in [1.165, 1.54) is 0 Å². The number of hydrogen-bond acceptors (Lipinski definition) is 2. The first-order chi connectivity index (χ1) is 3.85. The first-order valence-corrected chi connectivity index (χ1v) is 2.56. The van der Waals surface area contributed by atoms with Crippen LogP contribution in [0.1, 0.15) is 13.3 Å². The van der Waals surface area contributed by atoms with Crippen molar-refractivity contribution in [1.82, 2.24) is 0 Å². The van der Waals surface area contributed by atoms with Crippen LogP contribution in [0.15, 0.2) is 12.7 Å². The minimum Gasteiger partial charge on any atom is -0.460 e. The highest BCUT2D eigenvalue weighted by Gasteiger charge is 1.95. The SMILES string of the molecule is C=CC(CC)OC=O. The van der Waals surface area contributed by atoms with E-state index in [0.717, 1.165) is 6.42 Å². The lowest BCUT2D eigenvalue weighted by atomic mass is 10.3. The first-order valence-electron chi connectivity index (χ1n) is 2.56. The molecule has 0 radical (unpaired) electrons. The Morgan fingerprint density at radius 2 is 2.50 bits per heavy atom. The molecule has 0 bridgehead atoms. The van der Waals surface area contributed by atoms with Gasteiger partial charge in [0.05, 0.1) is 0 Å². The Hall–Kier alpha value is -0.790. The Morgan fingerprint density at radius 3 is 2.62 bits per heavy atom. The summed E-state index contributed by atoms with van der Waals surface area (Å²) in [5.74, 6) is 0. The van der Waals surface area contributed by atoms with Gasteiger partial charge in [-0.15, -0.1) is 0 Å². The van der Waals surface area contributed by atoms with Gasteiger partial charge in [0.15, 0.2) is 0 Å². The van der Waals surface area contributed by atoms with E-state index in [2.05, 4.69) is 11.3 Å². The van der Waals surface area contributed by atoms with Crippen LogP contribution in [-0.2, 0) is 9.53 Å². The minimum atomic E-state index is -0.104. The van der Waals surface area contributed by atoms with Crippen LogP contribution in [0.5, 0.6) is 0 Å². The molecule has 0 spiro atoms. The Kier molecular flexibility index (Phi) is 3.94. The third-order valence-corrected chi connectivity index (χ3v) is 0.896. The molecule has 0 amide bonds. The van der Waals surface area contributed by atoms with Crippen molar-refractivity contribution in [2.75, 3.05) is 0 Å². The van der Waals surface area contributed by atoms with Gasteiger partial charge in [-0.3, -0.25) is 4.79 Å². The summed E-state index contributed by atoms with van der Waals surface area (Å²) in [7, 11) is 0. The van der Waals surface area contributed by atoms with Gasteiger partial charge in [-0.05, 0) is 6.42 Å². The summed E-state index contributed by atoms with van der Waals surface area (Å²) in [5, 5.41) is 0. The number of hydrogen-bond donors (Lipinski definition) is 0. The van der Waals surface area contributed by atoms with Crippen LogP contribution >= 0.6 is 0 Å². The summed E-state index contributed by atoms with van der Waals surface area (Å²) in [6.07, 6.45) is 2.30. The molecule has 0 aromatic rings. The molecule has 2 heteroatoms. The smallest absolute Gasteiger partial charge is 0.293 e. The van der Waals surface area contributed by atoms with E-state index in [9.17, 15) is 4.79 Å². The van der Waals surface area contributed by atoms with Crippen molar-refractivity contribution >= 4 is 6.47 Å². The van der Waals surface area contributed by atoms with E-state index in [0.29, 0.717) is 6.47 Å². The van der Waals surface area contributed by atoms with E-state index in [-0.39, 0.29) is 6.10 Å². The molecule has 0 rings (SSSR count). The molecule has 0 aromatic carbocycles. The van der Waals surface area contributed by atoms with Crippen molar-refractivity contribution in [3.8, 4) is 0 Å². The second-order valence-corrected chi connectivity index (χ2v) is 1.41. The lowest BCUT2D eigenvalue weighted by Crippen LogP contribution is -2.05. The molecule has 0 saturated heterocycles. The molecule has 0 heterocycles. The van der Waals surface area contributed by atoms with E-state index in [1.54, 1.807) is 6.08 Å². The quantitative estimate of drug-likeness (QED) is 0.404. The third kappa shape index (κ3) is 2.39. The van der Waals surface area contributed by atoms with E-state index in [1.807, 2.05) is 6.92 Å². The predicted octanol–water partition coefficient (Wildman–Crippen LogP) is 1.12. The Balaban J connectivity index is 3.35. The summed E-state index contributed by atoms with van der Waals surface area (Å²) in [6.45, 7) is 5.83. The van der Waals surface area contributed by atoms with Crippen LogP contribution in [0.25, 0.3) is 0 Å². The monoisotopic (exact) mass is 114 g/mol. The second kappa shape index (κ2) is 4.37. The highest BCUT2D eigenvalue weighted by Crippen LogP contribution is 1.94. The lowest BCUT2D eigenvalue weighted by molar-refractivity contribution is -0.131. The molecule has 1 unspecified atom stereocenters. The van der Waals surface area contributed by atoms with E-state index < -0.39 is 0 Å². The maximum absolute atomic E-state index is 9.66. The number of carbonyl (C=O) groups is 1. The largest absolute Gasteiger partial charge is 0.460 e.